The number of benzene rings is 2. The molecule has 2 rings (SSSR count). The Morgan fingerprint density at radius 3 is 2.48 bits per heavy atom. The highest BCUT2D eigenvalue weighted by molar-refractivity contribution is 5.79. The molecule has 0 aliphatic rings. The molecule has 0 unspecified atom stereocenters. The molecule has 5 nitrogen and oxygen atoms in total. The summed E-state index contributed by atoms with van der Waals surface area (Å²) in [7, 11) is 3.64. The van der Waals surface area contributed by atoms with Crippen LogP contribution in [0.4, 0.5) is 4.39 Å². The third-order valence-corrected chi connectivity index (χ3v) is 3.62. The first-order valence-corrected chi connectivity index (χ1v) is 7.91. The predicted molar refractivity (Wildman–Crippen MR) is 95.9 cm³/mol. The van der Waals surface area contributed by atoms with Crippen molar-refractivity contribution in [2.45, 2.75) is 6.54 Å². The van der Waals surface area contributed by atoms with Gasteiger partial charge in [-0.1, -0.05) is 12.1 Å². The van der Waals surface area contributed by atoms with Gasteiger partial charge in [-0.05, 0) is 42.0 Å². The molecular formula is C19H21FN4O. The zero-order valence-electron chi connectivity index (χ0n) is 14.4. The fourth-order valence-electron chi connectivity index (χ4n) is 2.20. The smallest absolute Gasteiger partial charge is 0.193 e. The summed E-state index contributed by atoms with van der Waals surface area (Å²) in [6.07, 6.45) is 0. The van der Waals surface area contributed by atoms with E-state index >= 15 is 0 Å². The van der Waals surface area contributed by atoms with E-state index in [4.69, 9.17) is 10.00 Å². The van der Waals surface area contributed by atoms with Gasteiger partial charge in [-0.15, -0.1) is 0 Å². The first-order valence-electron chi connectivity index (χ1n) is 7.91. The number of halogens is 1. The molecule has 0 aliphatic heterocycles. The van der Waals surface area contributed by atoms with Gasteiger partial charge in [0.2, 0.25) is 0 Å². The average Bonchev–Trinajstić information content (AvgIpc) is 2.64. The Balaban J connectivity index is 1.78. The number of aliphatic imine (C=N–C) groups is 1. The normalized spacial score (nSPS) is 10.9. The van der Waals surface area contributed by atoms with Crippen molar-refractivity contribution in [2.75, 3.05) is 27.2 Å². The van der Waals surface area contributed by atoms with Crippen molar-refractivity contribution < 1.29 is 9.13 Å². The highest BCUT2D eigenvalue weighted by atomic mass is 19.1. The van der Waals surface area contributed by atoms with Crippen LogP contribution in [0.15, 0.2) is 53.5 Å². The number of rotatable bonds is 6. The summed E-state index contributed by atoms with van der Waals surface area (Å²) < 4.78 is 18.4. The van der Waals surface area contributed by atoms with Crippen LogP contribution in [0.5, 0.6) is 5.75 Å². The molecule has 1 N–H and O–H groups in total. The molecule has 0 amide bonds. The molecule has 0 heterocycles. The molecule has 0 spiro atoms. The number of guanidine groups is 1. The van der Waals surface area contributed by atoms with Crippen LogP contribution in [0.25, 0.3) is 0 Å². The van der Waals surface area contributed by atoms with Gasteiger partial charge in [0.25, 0.3) is 0 Å². The van der Waals surface area contributed by atoms with Gasteiger partial charge in [-0.2, -0.15) is 5.26 Å². The third-order valence-electron chi connectivity index (χ3n) is 3.62. The molecule has 130 valence electrons. The topological polar surface area (TPSA) is 60.7 Å². The van der Waals surface area contributed by atoms with E-state index in [-0.39, 0.29) is 5.82 Å². The number of likely N-dealkylation sites (N-methyl/N-ethyl adjacent to an activating group) is 1. The van der Waals surface area contributed by atoms with E-state index in [1.807, 2.05) is 24.1 Å². The maximum Gasteiger partial charge on any atom is 0.193 e. The van der Waals surface area contributed by atoms with Crippen LogP contribution in [0.2, 0.25) is 0 Å². The fraction of sp³-hybridized carbons (Fsp3) is 0.263. The average molecular weight is 340 g/mol. The van der Waals surface area contributed by atoms with Crippen LogP contribution in [-0.2, 0) is 6.54 Å². The molecule has 2 aromatic rings. The summed E-state index contributed by atoms with van der Waals surface area (Å²) >= 11 is 0. The van der Waals surface area contributed by atoms with Gasteiger partial charge in [0.05, 0.1) is 18.2 Å². The molecule has 0 radical (unpaired) electrons. The van der Waals surface area contributed by atoms with E-state index < -0.39 is 0 Å². The summed E-state index contributed by atoms with van der Waals surface area (Å²) in [6, 6.07) is 15.5. The summed E-state index contributed by atoms with van der Waals surface area (Å²) in [5.41, 5.74) is 1.71. The highest BCUT2D eigenvalue weighted by Crippen LogP contribution is 2.10. The van der Waals surface area contributed by atoms with Crippen molar-refractivity contribution in [3.8, 4) is 11.8 Å². The summed E-state index contributed by atoms with van der Waals surface area (Å²) in [4.78, 5) is 6.20. The van der Waals surface area contributed by atoms with E-state index in [0.717, 1.165) is 11.5 Å². The Labute approximate surface area is 147 Å². The van der Waals surface area contributed by atoms with Crippen LogP contribution in [0.3, 0.4) is 0 Å². The van der Waals surface area contributed by atoms with Gasteiger partial charge in [-0.25, -0.2) is 4.39 Å². The lowest BCUT2D eigenvalue weighted by Crippen LogP contribution is -2.40. The Kier molecular flexibility index (Phi) is 6.78. The van der Waals surface area contributed by atoms with Gasteiger partial charge in [0, 0.05) is 20.6 Å². The number of nitrogens with zero attached hydrogens (tertiary/aromatic N) is 3. The number of hydrogen-bond acceptors (Lipinski definition) is 3. The second kappa shape index (κ2) is 9.28. The first kappa shape index (κ1) is 18.3. The van der Waals surface area contributed by atoms with Crippen LogP contribution in [-0.4, -0.2) is 38.1 Å². The molecule has 0 atom stereocenters. The van der Waals surface area contributed by atoms with Crippen LogP contribution >= 0.6 is 0 Å². The lowest BCUT2D eigenvalue weighted by atomic mass is 10.1. The van der Waals surface area contributed by atoms with Crippen molar-refractivity contribution in [1.82, 2.24) is 10.2 Å². The van der Waals surface area contributed by atoms with Crippen LogP contribution < -0.4 is 10.1 Å². The number of hydrogen-bond donors (Lipinski definition) is 1. The maximum absolute atomic E-state index is 12.9. The first-order chi connectivity index (χ1) is 12.1. The molecule has 0 aliphatic carbocycles. The predicted octanol–water partition coefficient (Wildman–Crippen LogP) is 2.78. The minimum atomic E-state index is -0.281. The quantitative estimate of drug-likeness (QED) is 0.649. The summed E-state index contributed by atoms with van der Waals surface area (Å²) in [5, 5.41) is 12.1. The van der Waals surface area contributed by atoms with Gasteiger partial charge in [0.15, 0.2) is 5.96 Å². The molecule has 25 heavy (non-hydrogen) atoms. The Morgan fingerprint density at radius 1 is 1.20 bits per heavy atom. The van der Waals surface area contributed by atoms with E-state index in [2.05, 4.69) is 16.4 Å². The number of nitrogens with one attached hydrogen (secondary N) is 1. The Morgan fingerprint density at radius 2 is 1.88 bits per heavy atom. The second-order valence-electron chi connectivity index (χ2n) is 5.43. The number of ether oxygens (including phenoxy) is 1. The maximum atomic E-state index is 12.9. The van der Waals surface area contributed by atoms with Crippen LogP contribution in [0, 0.1) is 17.1 Å². The monoisotopic (exact) mass is 340 g/mol. The van der Waals surface area contributed by atoms with Crippen LogP contribution in [0.1, 0.15) is 11.1 Å². The summed E-state index contributed by atoms with van der Waals surface area (Å²) in [6.45, 7) is 1.70. The third kappa shape index (κ3) is 5.81. The molecule has 0 saturated carbocycles. The molecule has 0 fully saturated rings. The molecular weight excluding hydrogens is 319 g/mol. The Bertz CT molecular complexity index is 736. The van der Waals surface area contributed by atoms with Gasteiger partial charge >= 0.3 is 0 Å². The van der Waals surface area contributed by atoms with E-state index in [1.54, 1.807) is 31.3 Å². The molecule has 0 aromatic heterocycles. The molecule has 6 heteroatoms. The van der Waals surface area contributed by atoms with Gasteiger partial charge in [0.1, 0.15) is 18.2 Å². The second-order valence-corrected chi connectivity index (χ2v) is 5.43. The van der Waals surface area contributed by atoms with Crippen molar-refractivity contribution in [3.63, 3.8) is 0 Å². The molecule has 0 bridgehead atoms. The van der Waals surface area contributed by atoms with Gasteiger partial charge in [-0.3, -0.25) is 4.99 Å². The fourth-order valence-corrected chi connectivity index (χ4v) is 2.20. The van der Waals surface area contributed by atoms with Gasteiger partial charge < -0.3 is 15.0 Å². The standard InChI is InChI=1S/C19H21FN4O/c1-22-19(23-14-16-5-3-15(13-21)4-6-16)24(2)11-12-25-18-9-7-17(20)8-10-18/h3-10H,11-12,14H2,1-2H3,(H,22,23). The lowest BCUT2D eigenvalue weighted by molar-refractivity contribution is 0.281. The largest absolute Gasteiger partial charge is 0.492 e. The summed E-state index contributed by atoms with van der Waals surface area (Å²) in [5.74, 6) is 1.10. The zero-order chi connectivity index (χ0) is 18.1. The SMILES string of the molecule is CN=C(NCc1ccc(C#N)cc1)N(C)CCOc1ccc(F)cc1. The number of nitriles is 1. The lowest BCUT2D eigenvalue weighted by Gasteiger charge is -2.22. The van der Waals surface area contributed by atoms with E-state index in [0.29, 0.717) is 31.0 Å². The van der Waals surface area contributed by atoms with Crippen molar-refractivity contribution >= 4 is 5.96 Å². The molecule has 2 aromatic carbocycles. The van der Waals surface area contributed by atoms with Crippen molar-refractivity contribution in [3.05, 3.63) is 65.5 Å². The minimum Gasteiger partial charge on any atom is -0.492 e. The van der Waals surface area contributed by atoms with E-state index in [1.165, 1.54) is 12.1 Å². The Hall–Kier alpha value is -3.07. The highest BCUT2D eigenvalue weighted by Gasteiger charge is 2.06. The minimum absolute atomic E-state index is 0.281. The zero-order valence-corrected chi connectivity index (χ0v) is 14.4. The van der Waals surface area contributed by atoms with E-state index in [9.17, 15) is 4.39 Å². The van der Waals surface area contributed by atoms with Crippen molar-refractivity contribution in [1.29, 1.82) is 5.26 Å². The molecule has 0 saturated heterocycles. The van der Waals surface area contributed by atoms with Crippen molar-refractivity contribution in [2.24, 2.45) is 4.99 Å².